The summed E-state index contributed by atoms with van der Waals surface area (Å²) < 4.78 is 5.69. The van der Waals surface area contributed by atoms with Crippen molar-refractivity contribution in [1.29, 1.82) is 0 Å². The number of ether oxygens (including phenoxy) is 1. The first kappa shape index (κ1) is 17.2. The number of nitrogens with one attached hydrogen (secondary N) is 1. The first-order chi connectivity index (χ1) is 13.5. The molecule has 0 unspecified atom stereocenters. The van der Waals surface area contributed by atoms with Gasteiger partial charge in [0.2, 0.25) is 0 Å². The summed E-state index contributed by atoms with van der Waals surface area (Å²) in [5.41, 5.74) is 2.30. The summed E-state index contributed by atoms with van der Waals surface area (Å²) in [5.74, 6) is 0.670. The van der Waals surface area contributed by atoms with E-state index in [4.69, 9.17) is 9.84 Å². The maximum absolute atomic E-state index is 11.1. The zero-order chi connectivity index (χ0) is 19.7. The minimum absolute atomic E-state index is 0.00126. The van der Waals surface area contributed by atoms with Gasteiger partial charge in [-0.15, -0.1) is 0 Å². The molecule has 0 aliphatic heterocycles. The third kappa shape index (κ3) is 3.38. The van der Waals surface area contributed by atoms with Crippen LogP contribution in [0.3, 0.4) is 0 Å². The Morgan fingerprint density at radius 3 is 2.25 bits per heavy atom. The maximum Gasteiger partial charge on any atom is 0.335 e. The summed E-state index contributed by atoms with van der Waals surface area (Å²) >= 11 is 0. The normalized spacial score (nSPS) is 10.7. The molecule has 8 nitrogen and oxygen atoms in total. The van der Waals surface area contributed by atoms with E-state index in [1.54, 1.807) is 18.2 Å². The highest BCUT2D eigenvalue weighted by Gasteiger charge is 2.10. The van der Waals surface area contributed by atoms with Crippen LogP contribution in [0.15, 0.2) is 66.7 Å². The molecule has 0 saturated carbocycles. The summed E-state index contributed by atoms with van der Waals surface area (Å²) in [7, 11) is 0. The van der Waals surface area contributed by atoms with Gasteiger partial charge in [-0.25, -0.2) is 9.78 Å². The number of hydrogen-bond acceptors (Lipinski definition) is 5. The second-order valence-electron chi connectivity index (χ2n) is 6.00. The standard InChI is InChI=1S/C20H13N3O5/c24-20(25)13-3-10-17-18(11-13)22-19(21-17)12-1-6-15(7-2-12)28-16-8-4-14(5-9-16)23(26)27/h1-11H,(H,21,22)(H,24,25). The van der Waals surface area contributed by atoms with Crippen molar-refractivity contribution in [2.75, 3.05) is 0 Å². The van der Waals surface area contributed by atoms with Crippen LogP contribution in [0.2, 0.25) is 0 Å². The number of hydrogen-bond donors (Lipinski definition) is 2. The number of rotatable bonds is 5. The molecule has 0 bridgehead atoms. The molecule has 28 heavy (non-hydrogen) atoms. The van der Waals surface area contributed by atoms with Gasteiger partial charge in [0.15, 0.2) is 0 Å². The Morgan fingerprint density at radius 1 is 1.00 bits per heavy atom. The Balaban J connectivity index is 1.55. The molecule has 4 rings (SSSR count). The van der Waals surface area contributed by atoms with Crippen LogP contribution in [0.25, 0.3) is 22.4 Å². The third-order valence-corrected chi connectivity index (χ3v) is 4.14. The van der Waals surface area contributed by atoms with Gasteiger partial charge in [-0.2, -0.15) is 0 Å². The number of imidazole rings is 1. The van der Waals surface area contributed by atoms with Gasteiger partial charge in [0.05, 0.1) is 21.5 Å². The molecule has 0 saturated heterocycles. The van der Waals surface area contributed by atoms with Gasteiger partial charge < -0.3 is 14.8 Å². The molecule has 1 heterocycles. The van der Waals surface area contributed by atoms with E-state index in [0.29, 0.717) is 22.8 Å². The number of nitrogens with zero attached hydrogens (tertiary/aromatic N) is 2. The Hall–Kier alpha value is -4.20. The Kier molecular flexibility index (Phi) is 4.21. The Labute approximate surface area is 158 Å². The number of fused-ring (bicyclic) bond motifs is 1. The largest absolute Gasteiger partial charge is 0.478 e. The first-order valence-corrected chi connectivity index (χ1v) is 8.25. The van der Waals surface area contributed by atoms with Crippen molar-refractivity contribution in [1.82, 2.24) is 9.97 Å². The van der Waals surface area contributed by atoms with Crippen molar-refractivity contribution >= 4 is 22.7 Å². The van der Waals surface area contributed by atoms with Crippen molar-refractivity contribution in [2.45, 2.75) is 0 Å². The quantitative estimate of drug-likeness (QED) is 0.388. The number of H-pyrrole nitrogens is 1. The molecule has 2 N–H and O–H groups in total. The number of aromatic carboxylic acids is 1. The van der Waals surface area contributed by atoms with Gasteiger partial charge in [0, 0.05) is 17.7 Å². The molecule has 4 aromatic rings. The highest BCUT2D eigenvalue weighted by atomic mass is 16.6. The molecule has 0 spiro atoms. The van der Waals surface area contributed by atoms with Gasteiger partial charge in [0.25, 0.3) is 5.69 Å². The molecule has 1 aromatic heterocycles. The molecule has 0 aliphatic rings. The van der Waals surface area contributed by atoms with E-state index in [9.17, 15) is 14.9 Å². The van der Waals surface area contributed by atoms with Crippen LogP contribution in [0.1, 0.15) is 10.4 Å². The molecule has 3 aromatic carbocycles. The molecule has 0 radical (unpaired) electrons. The van der Waals surface area contributed by atoms with E-state index in [-0.39, 0.29) is 11.3 Å². The van der Waals surface area contributed by atoms with Crippen LogP contribution >= 0.6 is 0 Å². The van der Waals surface area contributed by atoms with Crippen LogP contribution in [0.4, 0.5) is 5.69 Å². The molecule has 8 heteroatoms. The van der Waals surface area contributed by atoms with Crippen LogP contribution in [0, 0.1) is 10.1 Å². The summed E-state index contributed by atoms with van der Waals surface area (Å²) in [4.78, 5) is 28.9. The third-order valence-electron chi connectivity index (χ3n) is 4.14. The van der Waals surface area contributed by atoms with Crippen LogP contribution in [-0.2, 0) is 0 Å². The van der Waals surface area contributed by atoms with E-state index >= 15 is 0 Å². The van der Waals surface area contributed by atoms with Crippen molar-refractivity contribution < 1.29 is 19.6 Å². The number of carboxylic acids is 1. The summed E-state index contributed by atoms with van der Waals surface area (Å²) in [6.07, 6.45) is 0. The number of nitro groups is 1. The van der Waals surface area contributed by atoms with E-state index in [0.717, 1.165) is 11.1 Å². The molecular formula is C20H13N3O5. The molecule has 138 valence electrons. The van der Waals surface area contributed by atoms with E-state index in [2.05, 4.69) is 9.97 Å². The van der Waals surface area contributed by atoms with Crippen molar-refractivity contribution in [3.05, 3.63) is 82.4 Å². The minimum atomic E-state index is -1.00. The lowest BCUT2D eigenvalue weighted by molar-refractivity contribution is -0.384. The van der Waals surface area contributed by atoms with Crippen LogP contribution in [-0.4, -0.2) is 26.0 Å². The SMILES string of the molecule is O=C(O)c1ccc2[nH]c(-c3ccc(Oc4ccc([N+](=O)[O-])cc4)cc3)nc2c1. The maximum atomic E-state index is 11.1. The second kappa shape index (κ2) is 6.84. The topological polar surface area (TPSA) is 118 Å². The lowest BCUT2D eigenvalue weighted by Crippen LogP contribution is -1.94. The molecule has 0 fully saturated rings. The zero-order valence-electron chi connectivity index (χ0n) is 14.3. The Morgan fingerprint density at radius 2 is 1.64 bits per heavy atom. The molecule has 0 amide bonds. The number of aromatic amines is 1. The van der Waals surface area contributed by atoms with Gasteiger partial charge in [-0.05, 0) is 54.6 Å². The number of carboxylic acid groups (broad SMARTS) is 1. The molecule has 0 atom stereocenters. The highest BCUT2D eigenvalue weighted by molar-refractivity contribution is 5.93. The number of carbonyl (C=O) groups is 1. The fourth-order valence-electron chi connectivity index (χ4n) is 2.73. The molecule has 0 aliphatic carbocycles. The van der Waals surface area contributed by atoms with Crippen molar-refractivity contribution in [2.24, 2.45) is 0 Å². The predicted octanol–water partition coefficient (Wildman–Crippen LogP) is 4.63. The minimum Gasteiger partial charge on any atom is -0.478 e. The highest BCUT2D eigenvalue weighted by Crippen LogP contribution is 2.27. The second-order valence-corrected chi connectivity index (χ2v) is 6.00. The Bertz CT molecular complexity index is 1180. The fraction of sp³-hybridized carbons (Fsp3) is 0. The summed E-state index contributed by atoms with van der Waals surface area (Å²) in [6, 6.07) is 17.7. The summed E-state index contributed by atoms with van der Waals surface area (Å²) in [6.45, 7) is 0. The smallest absolute Gasteiger partial charge is 0.335 e. The van der Waals surface area contributed by atoms with Crippen LogP contribution in [0.5, 0.6) is 11.5 Å². The number of nitro benzene ring substituents is 1. The predicted molar refractivity (Wildman–Crippen MR) is 102 cm³/mol. The van der Waals surface area contributed by atoms with Gasteiger partial charge in [-0.1, -0.05) is 0 Å². The average molecular weight is 375 g/mol. The first-order valence-electron chi connectivity index (χ1n) is 8.25. The van der Waals surface area contributed by atoms with E-state index in [1.807, 2.05) is 12.1 Å². The zero-order valence-corrected chi connectivity index (χ0v) is 14.3. The number of non-ortho nitro benzene ring substituents is 1. The summed E-state index contributed by atoms with van der Waals surface area (Å²) in [5, 5.41) is 19.8. The lowest BCUT2D eigenvalue weighted by Gasteiger charge is -2.06. The number of aromatic nitrogens is 2. The van der Waals surface area contributed by atoms with E-state index in [1.165, 1.54) is 36.4 Å². The monoisotopic (exact) mass is 375 g/mol. The fourth-order valence-corrected chi connectivity index (χ4v) is 2.73. The lowest BCUT2D eigenvalue weighted by atomic mass is 10.2. The van der Waals surface area contributed by atoms with Gasteiger partial charge >= 0.3 is 5.97 Å². The van der Waals surface area contributed by atoms with Gasteiger partial charge in [0.1, 0.15) is 17.3 Å². The van der Waals surface area contributed by atoms with Crippen molar-refractivity contribution in [3.63, 3.8) is 0 Å². The number of benzene rings is 3. The van der Waals surface area contributed by atoms with Gasteiger partial charge in [-0.3, -0.25) is 10.1 Å². The average Bonchev–Trinajstić information content (AvgIpc) is 3.12. The van der Waals surface area contributed by atoms with Crippen molar-refractivity contribution in [3.8, 4) is 22.9 Å². The molecular weight excluding hydrogens is 362 g/mol. The van der Waals surface area contributed by atoms with Crippen LogP contribution < -0.4 is 4.74 Å². The van der Waals surface area contributed by atoms with E-state index < -0.39 is 10.9 Å².